The molecule has 0 aromatic heterocycles. The highest BCUT2D eigenvalue weighted by Crippen LogP contribution is 2.76. The van der Waals surface area contributed by atoms with Gasteiger partial charge in [-0.25, -0.2) is 0 Å². The van der Waals surface area contributed by atoms with Crippen molar-refractivity contribution in [3.8, 4) is 0 Å². The Kier molecular flexibility index (Phi) is 14.6. The number of aliphatic hydroxyl groups is 13. The maximum absolute atomic E-state index is 15.5. The number of esters is 1. The van der Waals surface area contributed by atoms with E-state index in [0.717, 1.165) is 18.4 Å². The van der Waals surface area contributed by atoms with Crippen LogP contribution in [-0.4, -0.2) is 203 Å². The van der Waals surface area contributed by atoms with Crippen molar-refractivity contribution in [3.63, 3.8) is 0 Å². The maximum atomic E-state index is 15.5. The van der Waals surface area contributed by atoms with E-state index in [0.29, 0.717) is 44.9 Å². The molecule has 3 aliphatic heterocycles. The highest BCUT2D eigenvalue weighted by Gasteiger charge is 2.71. The van der Waals surface area contributed by atoms with Crippen LogP contribution in [0.3, 0.4) is 0 Å². The molecule has 3 saturated heterocycles. The molecule has 390 valence electrons. The van der Waals surface area contributed by atoms with E-state index >= 15 is 4.79 Å². The van der Waals surface area contributed by atoms with Crippen LogP contribution in [0.5, 0.6) is 0 Å². The fourth-order valence-corrected chi connectivity index (χ4v) is 15.1. The summed E-state index contributed by atoms with van der Waals surface area (Å²) in [7, 11) is 0. The van der Waals surface area contributed by atoms with Crippen LogP contribution >= 0.6 is 0 Å². The zero-order valence-corrected chi connectivity index (χ0v) is 40.0. The molecule has 3 heterocycles. The lowest BCUT2D eigenvalue weighted by Gasteiger charge is -2.71. The first-order chi connectivity index (χ1) is 31.8. The lowest BCUT2D eigenvalue weighted by atomic mass is 9.33. The third kappa shape index (κ3) is 8.07. The molecule has 20 nitrogen and oxygen atoms in total. The van der Waals surface area contributed by atoms with Crippen molar-refractivity contribution >= 4 is 5.97 Å². The van der Waals surface area contributed by atoms with Crippen LogP contribution in [0.2, 0.25) is 0 Å². The molecule has 0 spiro atoms. The second kappa shape index (κ2) is 18.8. The lowest BCUT2D eigenvalue weighted by Crippen LogP contribution is -2.68. The first-order valence-electron chi connectivity index (χ1n) is 24.6. The predicted molar refractivity (Wildman–Crippen MR) is 233 cm³/mol. The average molecular weight is 975 g/mol. The molecular formula is C48H78O20. The van der Waals surface area contributed by atoms with Gasteiger partial charge in [-0.3, -0.25) is 4.79 Å². The lowest BCUT2D eigenvalue weighted by molar-refractivity contribution is -0.388. The van der Waals surface area contributed by atoms with E-state index in [4.69, 9.17) is 28.4 Å². The van der Waals surface area contributed by atoms with Crippen molar-refractivity contribution in [2.24, 2.45) is 50.2 Å². The molecule has 7 fully saturated rings. The summed E-state index contributed by atoms with van der Waals surface area (Å²) in [5.74, 6) is -0.995. The van der Waals surface area contributed by atoms with Crippen molar-refractivity contribution in [1.29, 1.82) is 0 Å². The fourth-order valence-electron chi connectivity index (χ4n) is 15.1. The first-order valence-corrected chi connectivity index (χ1v) is 24.6. The van der Waals surface area contributed by atoms with E-state index in [9.17, 15) is 66.4 Å². The Morgan fingerprint density at radius 2 is 1.15 bits per heavy atom. The van der Waals surface area contributed by atoms with Gasteiger partial charge in [-0.1, -0.05) is 53.2 Å². The van der Waals surface area contributed by atoms with Crippen LogP contribution in [-0.2, 0) is 33.2 Å². The Bertz CT molecular complexity index is 1850. The summed E-state index contributed by atoms with van der Waals surface area (Å²) >= 11 is 0. The Hall–Kier alpha value is -1.51. The van der Waals surface area contributed by atoms with Gasteiger partial charge in [-0.15, -0.1) is 0 Å². The van der Waals surface area contributed by atoms with Gasteiger partial charge in [0.15, 0.2) is 18.7 Å². The van der Waals surface area contributed by atoms with Gasteiger partial charge in [0.1, 0.15) is 67.1 Å². The Balaban J connectivity index is 1.15. The number of carbonyl (C=O) groups excluding carboxylic acids is 1. The molecule has 8 aliphatic rings. The summed E-state index contributed by atoms with van der Waals surface area (Å²) in [5, 5.41) is 140. The van der Waals surface area contributed by atoms with Gasteiger partial charge in [0.25, 0.3) is 0 Å². The van der Waals surface area contributed by atoms with E-state index in [1.54, 1.807) is 0 Å². The number of hydrogen-bond donors (Lipinski definition) is 13. The second-order valence-electron chi connectivity index (χ2n) is 23.5. The van der Waals surface area contributed by atoms with Gasteiger partial charge in [0, 0.05) is 5.41 Å². The van der Waals surface area contributed by atoms with E-state index < -0.39 is 152 Å². The van der Waals surface area contributed by atoms with Crippen molar-refractivity contribution in [1.82, 2.24) is 0 Å². The molecule has 0 aromatic carbocycles. The Morgan fingerprint density at radius 3 is 1.71 bits per heavy atom. The van der Waals surface area contributed by atoms with Crippen LogP contribution in [0.15, 0.2) is 11.6 Å². The minimum Gasteiger partial charge on any atom is -0.432 e. The molecule has 8 rings (SSSR count). The van der Waals surface area contributed by atoms with Crippen LogP contribution in [0.25, 0.3) is 0 Å². The summed E-state index contributed by atoms with van der Waals surface area (Å²) < 4.78 is 36.1. The summed E-state index contributed by atoms with van der Waals surface area (Å²) in [6, 6.07) is 0. The van der Waals surface area contributed by atoms with Crippen molar-refractivity contribution in [3.05, 3.63) is 11.6 Å². The van der Waals surface area contributed by atoms with E-state index in [-0.39, 0.29) is 35.2 Å². The van der Waals surface area contributed by atoms with Crippen LogP contribution in [0.4, 0.5) is 0 Å². The van der Waals surface area contributed by atoms with Gasteiger partial charge in [-0.2, -0.15) is 0 Å². The first kappa shape index (κ1) is 52.8. The van der Waals surface area contributed by atoms with Gasteiger partial charge in [0.05, 0.1) is 44.1 Å². The van der Waals surface area contributed by atoms with Gasteiger partial charge >= 0.3 is 5.97 Å². The fraction of sp³-hybridized carbons (Fsp3) is 0.938. The molecule has 0 amide bonds. The molecule has 25 atom stereocenters. The van der Waals surface area contributed by atoms with E-state index in [2.05, 4.69) is 40.7 Å². The van der Waals surface area contributed by atoms with Gasteiger partial charge in [0.2, 0.25) is 6.29 Å². The van der Waals surface area contributed by atoms with Gasteiger partial charge < -0.3 is 94.8 Å². The Labute approximate surface area is 396 Å². The molecule has 0 radical (unpaired) electrons. The molecule has 0 bridgehead atoms. The largest absolute Gasteiger partial charge is 0.432 e. The summed E-state index contributed by atoms with van der Waals surface area (Å²) in [5.41, 5.74) is -2.25. The number of allylic oxidation sites excluding steroid dienone is 2. The molecule has 0 unspecified atom stereocenters. The molecule has 68 heavy (non-hydrogen) atoms. The minimum absolute atomic E-state index is 0.0512. The van der Waals surface area contributed by atoms with Crippen molar-refractivity contribution in [2.45, 2.75) is 204 Å². The second-order valence-corrected chi connectivity index (χ2v) is 23.5. The standard InChI is InChI=1S/C48H78O20/c1-43(2)11-13-48(14-12-46(5)21(22(48)15-43)7-8-28-44(3)16-23(53)38(61)45(4,20-52)27(44)9-10-47(28,46)6)42(62)68-41-37(67-40-35(60)33(58)30(55)25(18-50)64-40)36(31(56)26(19-51)65-41)66-39-34(59)32(57)29(54)24(17-49)63-39/h7,22-41,49-61H,8-20H2,1-6H3/t22-,23-,24+,25+,26+,27+,28+,29+,30+,31+,32-,33-,34+,35+,36-,37+,38-,39-,40-,41-,44-,45-,46+,47+,48-/m0/s1. The number of ether oxygens (including phenoxy) is 6. The quantitative estimate of drug-likeness (QED) is 0.0839. The highest BCUT2D eigenvalue weighted by atomic mass is 16.8. The summed E-state index contributed by atoms with van der Waals surface area (Å²) in [6.07, 6.45) is -21.6. The number of aliphatic hydroxyl groups excluding tert-OH is 13. The van der Waals surface area contributed by atoms with E-state index in [1.165, 1.54) is 0 Å². The van der Waals surface area contributed by atoms with Crippen LogP contribution in [0.1, 0.15) is 99.3 Å². The number of hydrogen-bond acceptors (Lipinski definition) is 20. The maximum Gasteiger partial charge on any atom is 0.315 e. The summed E-state index contributed by atoms with van der Waals surface area (Å²) in [6.45, 7) is 10.3. The molecule has 20 heteroatoms. The molecular weight excluding hydrogens is 897 g/mol. The Morgan fingerprint density at radius 1 is 0.618 bits per heavy atom. The third-order valence-corrected chi connectivity index (χ3v) is 19.4. The molecule has 13 N–H and O–H groups in total. The normalized spacial score (nSPS) is 54.6. The van der Waals surface area contributed by atoms with Crippen molar-refractivity contribution in [2.75, 3.05) is 26.4 Å². The third-order valence-electron chi connectivity index (χ3n) is 19.4. The number of rotatable bonds is 10. The number of carbonyl (C=O) groups is 1. The topological polar surface area (TPSA) is 335 Å². The zero-order chi connectivity index (χ0) is 49.8. The van der Waals surface area contributed by atoms with E-state index in [1.807, 2.05) is 6.92 Å². The highest BCUT2D eigenvalue weighted by molar-refractivity contribution is 5.79. The summed E-state index contributed by atoms with van der Waals surface area (Å²) in [4.78, 5) is 15.5. The molecule has 5 aliphatic carbocycles. The zero-order valence-electron chi connectivity index (χ0n) is 40.0. The molecule has 0 aromatic rings. The predicted octanol–water partition coefficient (Wildman–Crippen LogP) is -1.92. The van der Waals surface area contributed by atoms with Crippen LogP contribution < -0.4 is 0 Å². The SMILES string of the molecule is CC1(C)CC[C@]2(C(=O)O[C@@H]3O[C@H](CO)[C@@H](O)[C@H](O[C@@H]4O[C@H](CO)[C@@H](O)[C@H](O)[C@H]4O)[C@H]3O[C@@H]3O[C@H](CO)[C@@H](O)[C@H](O)[C@H]3O)CC[C@]3(C)C(=CC[C@@H]4[C@@]5(C)C[C@H](O)[C@H](O)[C@@](C)(CO)[C@@H]5CC[C@]43C)[C@@H]2C1. The monoisotopic (exact) mass is 975 g/mol. The van der Waals surface area contributed by atoms with Gasteiger partial charge in [-0.05, 0) is 97.2 Å². The van der Waals surface area contributed by atoms with Crippen molar-refractivity contribution < 1.29 is 99.6 Å². The minimum atomic E-state index is -2.00. The average Bonchev–Trinajstić information content (AvgIpc) is 3.30. The van der Waals surface area contributed by atoms with Crippen LogP contribution in [0, 0.1) is 50.2 Å². The molecule has 4 saturated carbocycles. The smallest absolute Gasteiger partial charge is 0.315 e. The number of fused-ring (bicyclic) bond motifs is 7.